The minimum absolute atomic E-state index is 0.0415. The Hall–Kier alpha value is -2.34. The summed E-state index contributed by atoms with van der Waals surface area (Å²) in [4.78, 5) is 62.3. The van der Waals surface area contributed by atoms with Crippen molar-refractivity contribution in [2.75, 3.05) is 18.6 Å². The summed E-state index contributed by atoms with van der Waals surface area (Å²) in [5, 5.41) is 19.7. The number of carboxylic acid groups (broad SMARTS) is 1. The SMILES string of the molecule is CC[C@@H](C)[C@H](N)C(=O)N[C@H](C(=O)NCC(=O)N[C@@H](CC(C)C)C(=O)N[C@@H](CCSC)C(=O)O)[C@@H](C)CC. The van der Waals surface area contributed by atoms with Crippen LogP contribution >= 0.6 is 11.8 Å². The van der Waals surface area contributed by atoms with Crippen LogP contribution in [0.15, 0.2) is 0 Å². The lowest BCUT2D eigenvalue weighted by molar-refractivity contribution is -0.142. The number of amides is 4. The lowest BCUT2D eigenvalue weighted by Gasteiger charge is -2.27. The van der Waals surface area contributed by atoms with Gasteiger partial charge in [-0.3, -0.25) is 19.2 Å². The average molecular weight is 546 g/mol. The van der Waals surface area contributed by atoms with Crippen molar-refractivity contribution in [1.29, 1.82) is 0 Å². The molecule has 12 heteroatoms. The number of hydrogen-bond donors (Lipinski definition) is 6. The Bertz CT molecular complexity index is 766. The smallest absolute Gasteiger partial charge is 0.326 e. The average Bonchev–Trinajstić information content (AvgIpc) is 2.85. The van der Waals surface area contributed by atoms with Gasteiger partial charge in [0.05, 0.1) is 12.6 Å². The first-order chi connectivity index (χ1) is 17.3. The molecule has 0 fully saturated rings. The third-order valence-electron chi connectivity index (χ3n) is 6.36. The van der Waals surface area contributed by atoms with E-state index >= 15 is 0 Å². The zero-order valence-corrected chi connectivity index (χ0v) is 24.1. The molecule has 37 heavy (non-hydrogen) atoms. The molecule has 0 saturated carbocycles. The van der Waals surface area contributed by atoms with Crippen LogP contribution in [0.1, 0.15) is 67.2 Å². The molecular weight excluding hydrogens is 498 g/mol. The topological polar surface area (TPSA) is 180 Å². The summed E-state index contributed by atoms with van der Waals surface area (Å²) in [5.74, 6) is -2.96. The predicted octanol–water partition coefficient (Wildman–Crippen LogP) is 0.860. The number of hydrogen-bond acceptors (Lipinski definition) is 7. The molecular formula is C25H47N5O6S. The molecule has 4 amide bonds. The Morgan fingerprint density at radius 2 is 1.43 bits per heavy atom. The van der Waals surface area contributed by atoms with Crippen LogP contribution in [-0.4, -0.2) is 77.4 Å². The van der Waals surface area contributed by atoms with Crippen LogP contribution in [0.3, 0.4) is 0 Å². The number of carbonyl (C=O) groups excluding carboxylic acids is 4. The fraction of sp³-hybridized carbons (Fsp3) is 0.800. The van der Waals surface area contributed by atoms with Gasteiger partial charge in [0.25, 0.3) is 0 Å². The van der Waals surface area contributed by atoms with Gasteiger partial charge in [-0.2, -0.15) is 11.8 Å². The first-order valence-corrected chi connectivity index (χ1v) is 14.3. The van der Waals surface area contributed by atoms with Crippen molar-refractivity contribution < 1.29 is 29.1 Å². The van der Waals surface area contributed by atoms with Gasteiger partial charge in [0, 0.05) is 0 Å². The van der Waals surface area contributed by atoms with E-state index in [0.717, 1.165) is 0 Å². The van der Waals surface area contributed by atoms with Crippen LogP contribution in [-0.2, 0) is 24.0 Å². The number of nitrogens with one attached hydrogen (secondary N) is 4. The van der Waals surface area contributed by atoms with Crippen molar-refractivity contribution in [3.05, 3.63) is 0 Å². The van der Waals surface area contributed by atoms with E-state index in [1.165, 1.54) is 11.8 Å². The third-order valence-corrected chi connectivity index (χ3v) is 7.00. The van der Waals surface area contributed by atoms with Gasteiger partial charge in [-0.25, -0.2) is 4.79 Å². The molecule has 11 nitrogen and oxygen atoms in total. The summed E-state index contributed by atoms with van der Waals surface area (Å²) in [6.07, 6.45) is 3.71. The van der Waals surface area contributed by atoms with Crippen molar-refractivity contribution in [2.24, 2.45) is 23.5 Å². The predicted molar refractivity (Wildman–Crippen MR) is 146 cm³/mol. The maximum atomic E-state index is 12.9. The van der Waals surface area contributed by atoms with Crippen molar-refractivity contribution in [3.63, 3.8) is 0 Å². The molecule has 0 unspecified atom stereocenters. The lowest BCUT2D eigenvalue weighted by Crippen LogP contribution is -2.57. The standard InChI is InChI=1S/C25H47N5O6S/c1-8-15(5)20(26)23(33)30-21(16(6)9-2)24(34)27-13-19(31)28-18(12-14(3)4)22(32)29-17(25(35)36)10-11-37-7/h14-18,20-21H,8-13,26H2,1-7H3,(H,27,34)(H,28,31)(H,29,32)(H,30,33)(H,35,36)/t15-,16+,17+,18+,20+,21+/m1/s1. The van der Waals surface area contributed by atoms with Crippen molar-refractivity contribution in [3.8, 4) is 0 Å². The van der Waals surface area contributed by atoms with E-state index in [9.17, 15) is 29.1 Å². The van der Waals surface area contributed by atoms with Crippen LogP contribution in [0.5, 0.6) is 0 Å². The summed E-state index contributed by atoms with van der Waals surface area (Å²) in [6, 6.07) is -3.65. The Balaban J connectivity index is 5.25. The molecule has 0 spiro atoms. The number of nitrogens with two attached hydrogens (primary N) is 1. The van der Waals surface area contributed by atoms with E-state index < -0.39 is 60.3 Å². The summed E-state index contributed by atoms with van der Waals surface area (Å²) < 4.78 is 0. The zero-order chi connectivity index (χ0) is 28.7. The Kier molecular flexibility index (Phi) is 16.9. The van der Waals surface area contributed by atoms with Crippen LogP contribution in [0.2, 0.25) is 0 Å². The highest BCUT2D eigenvalue weighted by atomic mass is 32.2. The summed E-state index contributed by atoms with van der Waals surface area (Å²) in [7, 11) is 0. The summed E-state index contributed by atoms with van der Waals surface area (Å²) in [6.45, 7) is 10.8. The summed E-state index contributed by atoms with van der Waals surface area (Å²) in [5.41, 5.74) is 6.00. The molecule has 0 aliphatic carbocycles. The van der Waals surface area contributed by atoms with Gasteiger partial charge in [0.15, 0.2) is 0 Å². The lowest BCUT2D eigenvalue weighted by atomic mass is 9.95. The molecule has 0 aliphatic rings. The minimum Gasteiger partial charge on any atom is -0.480 e. The maximum Gasteiger partial charge on any atom is 0.326 e. The molecule has 0 aromatic rings. The summed E-state index contributed by atoms with van der Waals surface area (Å²) >= 11 is 1.47. The quantitative estimate of drug-likeness (QED) is 0.147. The van der Waals surface area contributed by atoms with Crippen molar-refractivity contribution in [2.45, 2.75) is 91.4 Å². The van der Waals surface area contributed by atoms with Gasteiger partial charge in [-0.1, -0.05) is 54.4 Å². The number of rotatable bonds is 18. The van der Waals surface area contributed by atoms with Gasteiger partial charge in [-0.15, -0.1) is 0 Å². The normalized spacial score (nSPS) is 16.0. The second kappa shape index (κ2) is 18.0. The van der Waals surface area contributed by atoms with Gasteiger partial charge in [0.2, 0.25) is 23.6 Å². The molecule has 6 atom stereocenters. The molecule has 0 aromatic heterocycles. The van der Waals surface area contributed by atoms with Gasteiger partial charge in [0.1, 0.15) is 18.1 Å². The number of carboxylic acids is 1. The second-order valence-corrected chi connectivity index (χ2v) is 10.9. The highest BCUT2D eigenvalue weighted by molar-refractivity contribution is 7.98. The monoisotopic (exact) mass is 545 g/mol. The fourth-order valence-electron chi connectivity index (χ4n) is 3.45. The number of aliphatic carboxylic acids is 1. The molecule has 0 heterocycles. The molecule has 0 rings (SSSR count). The van der Waals surface area contributed by atoms with Crippen molar-refractivity contribution in [1.82, 2.24) is 21.3 Å². The van der Waals surface area contributed by atoms with Crippen LogP contribution in [0, 0.1) is 17.8 Å². The first-order valence-electron chi connectivity index (χ1n) is 12.9. The molecule has 0 aromatic carbocycles. The highest BCUT2D eigenvalue weighted by Gasteiger charge is 2.30. The highest BCUT2D eigenvalue weighted by Crippen LogP contribution is 2.11. The van der Waals surface area contributed by atoms with E-state index in [0.29, 0.717) is 25.0 Å². The fourth-order valence-corrected chi connectivity index (χ4v) is 3.93. The van der Waals surface area contributed by atoms with E-state index in [4.69, 9.17) is 5.73 Å². The zero-order valence-electron chi connectivity index (χ0n) is 23.3. The largest absolute Gasteiger partial charge is 0.480 e. The molecule has 214 valence electrons. The molecule has 7 N–H and O–H groups in total. The Morgan fingerprint density at radius 1 is 0.838 bits per heavy atom. The molecule has 0 radical (unpaired) electrons. The second-order valence-electron chi connectivity index (χ2n) is 9.93. The number of carbonyl (C=O) groups is 5. The molecule has 0 bridgehead atoms. The Morgan fingerprint density at radius 3 is 1.92 bits per heavy atom. The van der Waals surface area contributed by atoms with Crippen LogP contribution in [0.25, 0.3) is 0 Å². The van der Waals surface area contributed by atoms with E-state index in [2.05, 4.69) is 21.3 Å². The molecule has 0 saturated heterocycles. The van der Waals surface area contributed by atoms with Gasteiger partial charge in [-0.05, 0) is 42.6 Å². The van der Waals surface area contributed by atoms with E-state index in [1.807, 2.05) is 47.8 Å². The first kappa shape index (κ1) is 34.7. The minimum atomic E-state index is -1.14. The van der Waals surface area contributed by atoms with Gasteiger partial charge >= 0.3 is 5.97 Å². The molecule has 0 aliphatic heterocycles. The van der Waals surface area contributed by atoms with Crippen LogP contribution in [0.4, 0.5) is 0 Å². The van der Waals surface area contributed by atoms with E-state index in [-0.39, 0.29) is 24.2 Å². The van der Waals surface area contributed by atoms with Crippen LogP contribution < -0.4 is 27.0 Å². The number of thioether (sulfide) groups is 1. The Labute approximate surface area is 225 Å². The van der Waals surface area contributed by atoms with Crippen molar-refractivity contribution >= 4 is 41.4 Å². The van der Waals surface area contributed by atoms with Gasteiger partial charge < -0.3 is 32.1 Å². The van der Waals surface area contributed by atoms with E-state index in [1.54, 1.807) is 0 Å². The third kappa shape index (κ3) is 13.1. The maximum absolute atomic E-state index is 12.9.